The first-order valence-electron chi connectivity index (χ1n) is 12.2. The number of carbonyl (C=O) groups is 2. The number of hydrogen-bond donors (Lipinski definition) is 3. The number of phenolic OH excluding ortho intramolecular Hbond substituents is 1. The standard InChI is InChI=1S/C27H34N2O4S2/c1-3-16-4-6-21(30)11-24(31)17-5-7-22(23-12-25(32)26(33-2)10-18(23)8-17)19-9-20(15-35-34-14-16)27(28)29-13-19/h8-10,12-13,16,22,27,29,32H,3-7,11,14-15,28H2,1-2H3. The number of ether oxygens (including phenoxy) is 1. The molecule has 8 heteroatoms. The van der Waals surface area contributed by atoms with E-state index in [1.54, 1.807) is 22.9 Å². The van der Waals surface area contributed by atoms with Gasteiger partial charge in [0, 0.05) is 30.0 Å². The number of Topliss-reactive ketones (excluding diaryl/α,β-unsaturated/α-hetero) is 2. The lowest BCUT2D eigenvalue weighted by atomic mass is 9.84. The third-order valence-corrected chi connectivity index (χ3v) is 9.60. The van der Waals surface area contributed by atoms with Crippen molar-refractivity contribution in [3.8, 4) is 11.5 Å². The molecule has 0 aromatic heterocycles. The lowest BCUT2D eigenvalue weighted by Crippen LogP contribution is -2.39. The van der Waals surface area contributed by atoms with Crippen LogP contribution in [0, 0.1) is 5.92 Å². The highest BCUT2D eigenvalue weighted by Crippen LogP contribution is 2.43. The fourth-order valence-electron chi connectivity index (χ4n) is 4.85. The predicted molar refractivity (Wildman–Crippen MR) is 144 cm³/mol. The van der Waals surface area contributed by atoms with Crippen LogP contribution >= 0.6 is 21.6 Å². The molecule has 35 heavy (non-hydrogen) atoms. The monoisotopic (exact) mass is 514 g/mol. The zero-order valence-electron chi connectivity index (χ0n) is 20.3. The van der Waals surface area contributed by atoms with Crippen molar-refractivity contribution in [2.45, 2.75) is 57.5 Å². The normalized spacial score (nSPS) is 25.9. The van der Waals surface area contributed by atoms with Gasteiger partial charge in [-0.15, -0.1) is 0 Å². The highest BCUT2D eigenvalue weighted by atomic mass is 33.1. The van der Waals surface area contributed by atoms with Crippen LogP contribution < -0.4 is 15.8 Å². The van der Waals surface area contributed by atoms with E-state index in [-0.39, 0.29) is 35.8 Å². The van der Waals surface area contributed by atoms with E-state index in [1.807, 2.05) is 23.1 Å². The van der Waals surface area contributed by atoms with Crippen LogP contribution in [0.3, 0.4) is 0 Å². The van der Waals surface area contributed by atoms with Gasteiger partial charge in [-0.3, -0.25) is 9.59 Å². The van der Waals surface area contributed by atoms with Crippen LogP contribution in [0.4, 0.5) is 0 Å². The van der Waals surface area contributed by atoms with Crippen LogP contribution in [0.5, 0.6) is 11.5 Å². The molecule has 1 aliphatic carbocycles. The molecule has 1 aromatic carbocycles. The van der Waals surface area contributed by atoms with Gasteiger partial charge in [-0.2, -0.15) is 0 Å². The SMILES string of the molecule is CCC1CCC(=O)CC(=O)C2=Cc3cc(OC)c(O)cc3C(CC2)C2=CNC(N)C(=C2)CSSC1. The molecule has 0 radical (unpaired) electrons. The summed E-state index contributed by atoms with van der Waals surface area (Å²) in [5.41, 5.74) is 11.0. The maximum atomic E-state index is 13.2. The largest absolute Gasteiger partial charge is 0.504 e. The first-order valence-corrected chi connectivity index (χ1v) is 14.7. The van der Waals surface area contributed by atoms with E-state index >= 15 is 0 Å². The molecule has 4 bridgehead atoms. The molecule has 188 valence electrons. The molecule has 3 aliphatic rings. The molecule has 0 saturated carbocycles. The van der Waals surface area contributed by atoms with E-state index in [4.69, 9.17) is 10.5 Å². The van der Waals surface area contributed by atoms with E-state index in [0.29, 0.717) is 36.5 Å². The Balaban J connectivity index is 1.75. The molecule has 2 aliphatic heterocycles. The number of hydrogen-bond acceptors (Lipinski definition) is 8. The molecular weight excluding hydrogens is 480 g/mol. The molecule has 2 heterocycles. The van der Waals surface area contributed by atoms with E-state index < -0.39 is 0 Å². The minimum atomic E-state index is -0.238. The summed E-state index contributed by atoms with van der Waals surface area (Å²) in [5, 5.41) is 13.9. The molecule has 6 nitrogen and oxygen atoms in total. The summed E-state index contributed by atoms with van der Waals surface area (Å²) in [6, 6.07) is 3.52. The second-order valence-electron chi connectivity index (χ2n) is 9.42. The van der Waals surface area contributed by atoms with Crippen molar-refractivity contribution in [2.75, 3.05) is 18.6 Å². The minimum absolute atomic E-state index is 0.0123. The molecule has 4 rings (SSSR count). The van der Waals surface area contributed by atoms with E-state index in [1.165, 1.54) is 7.11 Å². The number of nitrogens with two attached hydrogens (primary N) is 1. The van der Waals surface area contributed by atoms with Crippen LogP contribution in [-0.4, -0.2) is 41.5 Å². The molecule has 0 fully saturated rings. The van der Waals surface area contributed by atoms with Gasteiger partial charge in [-0.05, 0) is 71.2 Å². The van der Waals surface area contributed by atoms with Gasteiger partial charge in [-0.25, -0.2) is 0 Å². The number of ketones is 2. The van der Waals surface area contributed by atoms with Gasteiger partial charge in [0.2, 0.25) is 0 Å². The summed E-state index contributed by atoms with van der Waals surface area (Å²) in [6.07, 6.45) is 9.24. The molecule has 0 spiro atoms. The fourth-order valence-corrected chi connectivity index (χ4v) is 7.55. The number of nitrogens with one attached hydrogen (secondary N) is 1. The molecule has 0 saturated heterocycles. The predicted octanol–water partition coefficient (Wildman–Crippen LogP) is 5.09. The second-order valence-corrected chi connectivity index (χ2v) is 11.9. The topological polar surface area (TPSA) is 102 Å². The van der Waals surface area contributed by atoms with Crippen molar-refractivity contribution in [1.29, 1.82) is 0 Å². The summed E-state index contributed by atoms with van der Waals surface area (Å²) in [7, 11) is 5.13. The smallest absolute Gasteiger partial charge is 0.166 e. The second kappa shape index (κ2) is 11.7. The Morgan fingerprint density at radius 2 is 2.00 bits per heavy atom. The van der Waals surface area contributed by atoms with Gasteiger partial charge in [0.1, 0.15) is 5.78 Å². The number of rotatable bonds is 2. The number of carbonyl (C=O) groups excluding carboxylic acids is 2. The van der Waals surface area contributed by atoms with Crippen molar-refractivity contribution in [3.05, 3.63) is 52.3 Å². The molecule has 3 unspecified atom stereocenters. The quantitative estimate of drug-likeness (QED) is 0.371. The zero-order valence-corrected chi connectivity index (χ0v) is 22.0. The Hall–Kier alpha value is -2.16. The maximum absolute atomic E-state index is 13.2. The third-order valence-electron chi connectivity index (χ3n) is 7.11. The minimum Gasteiger partial charge on any atom is -0.504 e. The van der Waals surface area contributed by atoms with Crippen molar-refractivity contribution >= 4 is 39.2 Å². The third kappa shape index (κ3) is 6.16. The lowest BCUT2D eigenvalue weighted by Gasteiger charge is -2.27. The molecule has 0 amide bonds. The van der Waals surface area contributed by atoms with Crippen LogP contribution in [-0.2, 0) is 9.59 Å². The van der Waals surface area contributed by atoms with Crippen molar-refractivity contribution < 1.29 is 19.4 Å². The van der Waals surface area contributed by atoms with Crippen molar-refractivity contribution in [3.63, 3.8) is 0 Å². The molecule has 3 atom stereocenters. The summed E-state index contributed by atoms with van der Waals surface area (Å²) in [4.78, 5) is 25.9. The Morgan fingerprint density at radius 1 is 1.17 bits per heavy atom. The summed E-state index contributed by atoms with van der Waals surface area (Å²) in [6.45, 7) is 2.16. The first-order chi connectivity index (χ1) is 16.9. The summed E-state index contributed by atoms with van der Waals surface area (Å²) in [5.74, 6) is 2.54. The maximum Gasteiger partial charge on any atom is 0.166 e. The number of phenols is 1. The number of aromatic hydroxyl groups is 1. The highest BCUT2D eigenvalue weighted by molar-refractivity contribution is 8.76. The number of fused-ring (bicyclic) bond motifs is 7. The Morgan fingerprint density at radius 3 is 2.77 bits per heavy atom. The average molecular weight is 515 g/mol. The summed E-state index contributed by atoms with van der Waals surface area (Å²) < 4.78 is 5.35. The number of dihydropyridines is 1. The number of allylic oxidation sites excluding steroid dienone is 3. The Bertz CT molecular complexity index is 1080. The van der Waals surface area contributed by atoms with Gasteiger partial charge < -0.3 is 20.9 Å². The van der Waals surface area contributed by atoms with E-state index in [9.17, 15) is 14.7 Å². The highest BCUT2D eigenvalue weighted by Gasteiger charge is 2.28. The van der Waals surface area contributed by atoms with Gasteiger partial charge in [-0.1, -0.05) is 41.0 Å². The Labute approximate surface area is 215 Å². The zero-order chi connectivity index (χ0) is 24.9. The number of benzene rings is 1. The average Bonchev–Trinajstić information content (AvgIpc) is 3.03. The van der Waals surface area contributed by atoms with Crippen LogP contribution in [0.25, 0.3) is 6.08 Å². The molecule has 1 aromatic rings. The van der Waals surface area contributed by atoms with Crippen LogP contribution in [0.2, 0.25) is 0 Å². The van der Waals surface area contributed by atoms with Gasteiger partial charge in [0.25, 0.3) is 0 Å². The lowest BCUT2D eigenvalue weighted by molar-refractivity contribution is -0.125. The van der Waals surface area contributed by atoms with Crippen molar-refractivity contribution in [1.82, 2.24) is 5.32 Å². The van der Waals surface area contributed by atoms with E-state index in [0.717, 1.165) is 46.6 Å². The van der Waals surface area contributed by atoms with Crippen LogP contribution in [0.15, 0.2) is 41.1 Å². The number of methoxy groups -OCH3 is 1. The van der Waals surface area contributed by atoms with Gasteiger partial charge >= 0.3 is 0 Å². The van der Waals surface area contributed by atoms with Crippen molar-refractivity contribution in [2.24, 2.45) is 11.7 Å². The van der Waals surface area contributed by atoms with Gasteiger partial charge in [0.05, 0.1) is 19.7 Å². The Kier molecular flexibility index (Phi) is 8.68. The van der Waals surface area contributed by atoms with Crippen LogP contribution in [0.1, 0.15) is 62.5 Å². The molecule has 4 N–H and O–H groups in total. The first kappa shape index (κ1) is 25.9. The fraction of sp³-hybridized carbons (Fsp3) is 0.481. The van der Waals surface area contributed by atoms with Gasteiger partial charge in [0.15, 0.2) is 17.3 Å². The van der Waals surface area contributed by atoms with E-state index in [2.05, 4.69) is 18.3 Å². The molecular formula is C27H34N2O4S2. The summed E-state index contributed by atoms with van der Waals surface area (Å²) >= 11 is 0.